The Morgan fingerprint density at radius 3 is 2.92 bits per heavy atom. The van der Waals surface area contributed by atoms with Gasteiger partial charge in [0.25, 0.3) is 5.91 Å². The van der Waals surface area contributed by atoms with Gasteiger partial charge in [-0.2, -0.15) is 0 Å². The lowest BCUT2D eigenvalue weighted by molar-refractivity contribution is -0.140. The highest BCUT2D eigenvalue weighted by Gasteiger charge is 2.25. The van der Waals surface area contributed by atoms with Crippen molar-refractivity contribution in [1.82, 2.24) is 4.57 Å². The molecule has 0 bridgehead atoms. The SMILES string of the molecule is COC(=O)CCCn1c(O)c(C2=c3cccc(C)c3=NC2=O)sc1=S. The molecule has 0 aliphatic carbocycles. The summed E-state index contributed by atoms with van der Waals surface area (Å²) >= 11 is 6.49. The number of carbonyl (C=O) groups is 2. The average Bonchev–Trinajstić information content (AvgIpc) is 3.05. The van der Waals surface area contributed by atoms with Crippen molar-refractivity contribution >= 4 is 41.0 Å². The van der Waals surface area contributed by atoms with E-state index >= 15 is 0 Å². The third kappa shape index (κ3) is 3.14. The fraction of sp³-hybridized carbons (Fsp3) is 0.294. The molecule has 8 heteroatoms. The van der Waals surface area contributed by atoms with Gasteiger partial charge in [0, 0.05) is 18.2 Å². The largest absolute Gasteiger partial charge is 0.493 e. The minimum absolute atomic E-state index is 0.0622. The number of benzene rings is 1. The molecule has 0 saturated heterocycles. The summed E-state index contributed by atoms with van der Waals surface area (Å²) in [5.41, 5.74) is 1.28. The van der Waals surface area contributed by atoms with E-state index in [2.05, 4.69) is 9.73 Å². The monoisotopic (exact) mass is 376 g/mol. The number of aromatic nitrogens is 1. The van der Waals surface area contributed by atoms with Crippen LogP contribution in [-0.2, 0) is 20.9 Å². The zero-order valence-electron chi connectivity index (χ0n) is 13.7. The van der Waals surface area contributed by atoms with E-state index < -0.39 is 0 Å². The molecule has 0 saturated carbocycles. The van der Waals surface area contributed by atoms with E-state index in [4.69, 9.17) is 12.2 Å². The van der Waals surface area contributed by atoms with Crippen molar-refractivity contribution < 1.29 is 19.4 Å². The second-order valence-electron chi connectivity index (χ2n) is 5.62. The van der Waals surface area contributed by atoms with Gasteiger partial charge in [0.2, 0.25) is 5.88 Å². The summed E-state index contributed by atoms with van der Waals surface area (Å²) in [4.78, 5) is 28.1. The van der Waals surface area contributed by atoms with Gasteiger partial charge >= 0.3 is 5.97 Å². The average molecular weight is 376 g/mol. The van der Waals surface area contributed by atoms with Crippen molar-refractivity contribution in [2.75, 3.05) is 7.11 Å². The minimum Gasteiger partial charge on any atom is -0.493 e. The van der Waals surface area contributed by atoms with Crippen LogP contribution in [-0.4, -0.2) is 28.7 Å². The Bertz CT molecular complexity index is 1050. The van der Waals surface area contributed by atoms with E-state index in [0.29, 0.717) is 37.9 Å². The molecule has 1 aromatic carbocycles. The molecule has 0 fully saturated rings. The number of aromatic hydroxyl groups is 1. The smallest absolute Gasteiger partial charge is 0.305 e. The van der Waals surface area contributed by atoms with E-state index in [-0.39, 0.29) is 24.2 Å². The Morgan fingerprint density at radius 2 is 2.20 bits per heavy atom. The Hall–Kier alpha value is -2.32. The predicted molar refractivity (Wildman–Crippen MR) is 95.5 cm³/mol. The standard InChI is InChI=1S/C17H16N2O4S2/c1-9-5-3-6-10-12(15(21)18-13(9)10)14-16(22)19(17(24)25-14)8-4-7-11(20)23-2/h3,5-6,22H,4,7-8H2,1-2H3. The molecule has 2 aromatic rings. The highest BCUT2D eigenvalue weighted by atomic mass is 32.1. The molecular formula is C17H16N2O4S2. The number of hydrogen-bond donors (Lipinski definition) is 1. The first kappa shape index (κ1) is 17.5. The summed E-state index contributed by atoms with van der Waals surface area (Å²) < 4.78 is 6.58. The first-order valence-corrected chi connectivity index (χ1v) is 8.89. The van der Waals surface area contributed by atoms with Gasteiger partial charge in [0.05, 0.1) is 18.0 Å². The van der Waals surface area contributed by atoms with Crippen LogP contribution in [0.15, 0.2) is 23.2 Å². The van der Waals surface area contributed by atoms with Crippen molar-refractivity contribution in [2.24, 2.45) is 4.99 Å². The summed E-state index contributed by atoms with van der Waals surface area (Å²) in [5, 5.41) is 11.9. The van der Waals surface area contributed by atoms with Gasteiger partial charge in [-0.1, -0.05) is 18.2 Å². The van der Waals surface area contributed by atoms with Crippen molar-refractivity contribution in [3.05, 3.63) is 43.2 Å². The quantitative estimate of drug-likeness (QED) is 0.633. The molecule has 0 atom stereocenters. The van der Waals surface area contributed by atoms with Crippen LogP contribution in [0.5, 0.6) is 5.88 Å². The first-order valence-electron chi connectivity index (χ1n) is 7.66. The topological polar surface area (TPSA) is 80.9 Å². The molecule has 0 spiro atoms. The van der Waals surface area contributed by atoms with E-state index in [0.717, 1.165) is 5.56 Å². The number of fused-ring (bicyclic) bond motifs is 1. The molecule has 1 amide bonds. The Labute approximate surface area is 152 Å². The van der Waals surface area contributed by atoms with Crippen LogP contribution >= 0.6 is 23.6 Å². The molecule has 2 heterocycles. The summed E-state index contributed by atoms with van der Waals surface area (Å²) in [7, 11) is 1.33. The molecule has 0 radical (unpaired) electrons. The maximum absolute atomic E-state index is 12.4. The summed E-state index contributed by atoms with van der Waals surface area (Å²) in [6.07, 6.45) is 0.712. The molecule has 25 heavy (non-hydrogen) atoms. The maximum Gasteiger partial charge on any atom is 0.305 e. The number of hydrogen-bond acceptors (Lipinski definition) is 6. The highest BCUT2D eigenvalue weighted by molar-refractivity contribution is 7.73. The van der Waals surface area contributed by atoms with Crippen LogP contribution in [0.3, 0.4) is 0 Å². The Kier molecular flexibility index (Phi) is 4.82. The zero-order chi connectivity index (χ0) is 18.1. The van der Waals surface area contributed by atoms with Gasteiger partial charge < -0.3 is 9.84 Å². The highest BCUT2D eigenvalue weighted by Crippen LogP contribution is 2.32. The number of esters is 1. The molecule has 1 aliphatic heterocycles. The molecule has 3 rings (SSSR count). The van der Waals surface area contributed by atoms with Gasteiger partial charge in [-0.25, -0.2) is 4.99 Å². The van der Waals surface area contributed by atoms with E-state index in [9.17, 15) is 14.7 Å². The van der Waals surface area contributed by atoms with Crippen LogP contribution in [0.25, 0.3) is 5.57 Å². The number of nitrogens with zero attached hydrogens (tertiary/aromatic N) is 2. The summed E-state index contributed by atoms with van der Waals surface area (Å²) in [6.45, 7) is 2.26. The van der Waals surface area contributed by atoms with Gasteiger partial charge in [0.15, 0.2) is 3.95 Å². The molecule has 1 N–H and O–H groups in total. The number of methoxy groups -OCH3 is 1. The van der Waals surface area contributed by atoms with Gasteiger partial charge in [-0.05, 0) is 31.1 Å². The molecule has 0 unspecified atom stereocenters. The van der Waals surface area contributed by atoms with Gasteiger partial charge in [-0.3, -0.25) is 14.2 Å². The Morgan fingerprint density at radius 1 is 1.44 bits per heavy atom. The van der Waals surface area contributed by atoms with Crippen LogP contribution in [0, 0.1) is 10.9 Å². The van der Waals surface area contributed by atoms with E-state index in [1.807, 2.05) is 25.1 Å². The molecule has 6 nitrogen and oxygen atoms in total. The van der Waals surface area contributed by atoms with Crippen molar-refractivity contribution in [3.63, 3.8) is 0 Å². The normalized spacial score (nSPS) is 12.9. The zero-order valence-corrected chi connectivity index (χ0v) is 15.4. The second kappa shape index (κ2) is 6.89. The lowest BCUT2D eigenvalue weighted by Gasteiger charge is -2.05. The first-order chi connectivity index (χ1) is 11.9. The van der Waals surface area contributed by atoms with Crippen LogP contribution in [0.1, 0.15) is 23.3 Å². The number of para-hydroxylation sites is 1. The molecule has 1 aromatic heterocycles. The second-order valence-corrected chi connectivity index (χ2v) is 7.26. The lowest BCUT2D eigenvalue weighted by Crippen LogP contribution is -2.25. The molecule has 130 valence electrons. The van der Waals surface area contributed by atoms with Crippen molar-refractivity contribution in [1.29, 1.82) is 0 Å². The van der Waals surface area contributed by atoms with Crippen LogP contribution < -0.4 is 10.6 Å². The van der Waals surface area contributed by atoms with E-state index in [1.165, 1.54) is 23.0 Å². The summed E-state index contributed by atoms with van der Waals surface area (Å²) in [6, 6.07) is 5.56. The van der Waals surface area contributed by atoms with Crippen LogP contribution in [0.2, 0.25) is 0 Å². The maximum atomic E-state index is 12.4. The Balaban J connectivity index is 2.03. The third-order valence-electron chi connectivity index (χ3n) is 4.02. The van der Waals surface area contributed by atoms with Crippen molar-refractivity contribution in [3.8, 4) is 5.88 Å². The number of amides is 1. The van der Waals surface area contributed by atoms with E-state index in [1.54, 1.807) is 0 Å². The molecule has 1 aliphatic rings. The fourth-order valence-corrected chi connectivity index (χ4v) is 4.13. The number of ether oxygens (including phenoxy) is 1. The summed E-state index contributed by atoms with van der Waals surface area (Å²) in [5.74, 6) is -0.754. The minimum atomic E-state index is -0.377. The van der Waals surface area contributed by atoms with Gasteiger partial charge in [-0.15, -0.1) is 11.3 Å². The van der Waals surface area contributed by atoms with Crippen molar-refractivity contribution in [2.45, 2.75) is 26.3 Å². The number of thiazole rings is 1. The van der Waals surface area contributed by atoms with Crippen LogP contribution in [0.4, 0.5) is 0 Å². The number of carbonyl (C=O) groups excluding carboxylic acids is 2. The number of rotatable bonds is 5. The number of aryl methyl sites for hydroxylation is 1. The van der Waals surface area contributed by atoms with Gasteiger partial charge in [0.1, 0.15) is 4.88 Å². The molecular weight excluding hydrogens is 360 g/mol. The third-order valence-corrected chi connectivity index (χ3v) is 5.48. The lowest BCUT2D eigenvalue weighted by atomic mass is 10.1. The predicted octanol–water partition coefficient (Wildman–Crippen LogP) is 1.61. The fourth-order valence-electron chi connectivity index (χ4n) is 2.74.